The van der Waals surface area contributed by atoms with Crippen molar-refractivity contribution >= 4 is 11.6 Å². The van der Waals surface area contributed by atoms with Gasteiger partial charge in [0.2, 0.25) is 0 Å². The number of halogens is 3. The van der Waals surface area contributed by atoms with Gasteiger partial charge in [0.25, 0.3) is 0 Å². The third-order valence-corrected chi connectivity index (χ3v) is 4.96. The van der Waals surface area contributed by atoms with Crippen LogP contribution in [0.5, 0.6) is 0 Å². The lowest BCUT2D eigenvalue weighted by Gasteiger charge is -2.33. The molecule has 0 unspecified atom stereocenters. The van der Waals surface area contributed by atoms with Crippen molar-refractivity contribution in [1.82, 2.24) is 19.9 Å². The molecule has 0 spiro atoms. The van der Waals surface area contributed by atoms with Crippen LogP contribution >= 0.6 is 0 Å². The molecule has 156 valence electrons. The first-order valence-corrected chi connectivity index (χ1v) is 9.71. The van der Waals surface area contributed by atoms with Crippen LogP contribution in [0.4, 0.5) is 24.8 Å². The van der Waals surface area contributed by atoms with Crippen LogP contribution in [0, 0.1) is 6.92 Å². The van der Waals surface area contributed by atoms with E-state index in [0.29, 0.717) is 18.8 Å². The molecular formula is C21H21F3N6. The number of aryl methyl sites for hydroxylation is 1. The van der Waals surface area contributed by atoms with Gasteiger partial charge in [-0.3, -0.25) is 4.98 Å². The maximum Gasteiger partial charge on any atom is 0.433 e. The van der Waals surface area contributed by atoms with Crippen LogP contribution in [0.2, 0.25) is 0 Å². The molecule has 0 saturated carbocycles. The van der Waals surface area contributed by atoms with Crippen LogP contribution in [-0.4, -0.2) is 39.1 Å². The minimum atomic E-state index is -4.56. The third-order valence-electron chi connectivity index (χ3n) is 4.96. The highest BCUT2D eigenvalue weighted by Gasteiger charge is 2.35. The molecule has 3 aromatic heterocycles. The maximum absolute atomic E-state index is 13.4. The van der Waals surface area contributed by atoms with Gasteiger partial charge in [0.05, 0.1) is 0 Å². The Morgan fingerprint density at radius 2 is 1.80 bits per heavy atom. The van der Waals surface area contributed by atoms with Crippen LogP contribution in [0.15, 0.2) is 48.7 Å². The molecule has 1 saturated heterocycles. The summed E-state index contributed by atoms with van der Waals surface area (Å²) in [5, 5.41) is 3.41. The Morgan fingerprint density at radius 1 is 1.00 bits per heavy atom. The molecule has 4 heterocycles. The zero-order chi connectivity index (χ0) is 21.1. The van der Waals surface area contributed by atoms with Crippen molar-refractivity contribution in [3.8, 4) is 11.5 Å². The van der Waals surface area contributed by atoms with Crippen LogP contribution in [0.1, 0.15) is 24.2 Å². The van der Waals surface area contributed by atoms with E-state index >= 15 is 0 Å². The van der Waals surface area contributed by atoms with E-state index in [2.05, 4.69) is 25.3 Å². The molecule has 0 amide bonds. The van der Waals surface area contributed by atoms with Gasteiger partial charge in [-0.2, -0.15) is 13.2 Å². The number of anilines is 2. The average molecular weight is 414 g/mol. The first kappa shape index (κ1) is 20.1. The molecule has 0 aliphatic carbocycles. The molecule has 3 aromatic rings. The van der Waals surface area contributed by atoms with Crippen molar-refractivity contribution in [3.05, 3.63) is 60.0 Å². The van der Waals surface area contributed by atoms with Crippen molar-refractivity contribution in [2.75, 3.05) is 23.3 Å². The summed E-state index contributed by atoms with van der Waals surface area (Å²) >= 11 is 0. The summed E-state index contributed by atoms with van der Waals surface area (Å²) in [6.45, 7) is 3.10. The largest absolute Gasteiger partial charge is 0.433 e. The van der Waals surface area contributed by atoms with E-state index in [1.807, 2.05) is 30.0 Å². The maximum atomic E-state index is 13.4. The summed E-state index contributed by atoms with van der Waals surface area (Å²) in [6.07, 6.45) is -1.52. The number of alkyl halides is 3. The molecule has 1 N–H and O–H groups in total. The van der Waals surface area contributed by atoms with E-state index in [4.69, 9.17) is 0 Å². The van der Waals surface area contributed by atoms with Gasteiger partial charge in [0.15, 0.2) is 11.5 Å². The molecule has 9 heteroatoms. The van der Waals surface area contributed by atoms with Gasteiger partial charge >= 0.3 is 6.18 Å². The molecule has 4 rings (SSSR count). The first-order valence-electron chi connectivity index (χ1n) is 9.71. The van der Waals surface area contributed by atoms with Gasteiger partial charge in [0.1, 0.15) is 17.3 Å². The molecule has 0 bridgehead atoms. The average Bonchev–Trinajstić information content (AvgIpc) is 2.74. The fourth-order valence-corrected chi connectivity index (χ4v) is 3.44. The van der Waals surface area contributed by atoms with Crippen LogP contribution in [0.3, 0.4) is 0 Å². The molecule has 1 aliphatic heterocycles. The normalized spacial score (nSPS) is 15.3. The number of nitrogens with one attached hydrogen (secondary N) is 1. The summed E-state index contributed by atoms with van der Waals surface area (Å²) in [6, 6.07) is 12.0. The second kappa shape index (κ2) is 8.25. The fraction of sp³-hybridized carbons (Fsp3) is 0.333. The minimum absolute atomic E-state index is 0.0235. The van der Waals surface area contributed by atoms with Gasteiger partial charge in [-0.25, -0.2) is 15.0 Å². The number of hydrogen-bond donors (Lipinski definition) is 1. The van der Waals surface area contributed by atoms with E-state index in [0.717, 1.165) is 30.4 Å². The third kappa shape index (κ3) is 4.67. The standard InChI is InChI=1S/C21H21F3N6/c1-14-5-4-7-18(26-14)27-15-8-11-30(12-9-15)19-13-17(21(22,23)24)28-20(29-19)16-6-2-3-10-25-16/h2-7,10,13,15H,8-9,11-12H2,1H3,(H,26,27). The lowest BCUT2D eigenvalue weighted by Crippen LogP contribution is -2.40. The summed E-state index contributed by atoms with van der Waals surface area (Å²) in [7, 11) is 0. The van der Waals surface area contributed by atoms with Crippen LogP contribution in [-0.2, 0) is 6.18 Å². The lowest BCUT2D eigenvalue weighted by atomic mass is 10.0. The molecule has 6 nitrogen and oxygen atoms in total. The van der Waals surface area contributed by atoms with E-state index in [1.54, 1.807) is 18.2 Å². The second-order valence-corrected chi connectivity index (χ2v) is 7.22. The molecule has 0 radical (unpaired) electrons. The number of pyridine rings is 2. The number of hydrogen-bond acceptors (Lipinski definition) is 6. The lowest BCUT2D eigenvalue weighted by molar-refractivity contribution is -0.141. The second-order valence-electron chi connectivity index (χ2n) is 7.22. The first-order chi connectivity index (χ1) is 14.4. The summed E-state index contributed by atoms with van der Waals surface area (Å²) < 4.78 is 40.3. The Kier molecular flexibility index (Phi) is 5.52. The van der Waals surface area contributed by atoms with Gasteiger partial charge in [-0.15, -0.1) is 0 Å². The predicted octanol–water partition coefficient (Wildman–Crippen LogP) is 4.34. The number of rotatable bonds is 4. The zero-order valence-electron chi connectivity index (χ0n) is 16.4. The summed E-state index contributed by atoms with van der Waals surface area (Å²) in [4.78, 5) is 18.5. The van der Waals surface area contributed by atoms with E-state index in [-0.39, 0.29) is 17.7 Å². The highest BCUT2D eigenvalue weighted by Crippen LogP contribution is 2.32. The van der Waals surface area contributed by atoms with Crippen LogP contribution in [0.25, 0.3) is 11.5 Å². The van der Waals surface area contributed by atoms with Gasteiger partial charge in [-0.05, 0) is 44.0 Å². The summed E-state index contributed by atoms with van der Waals surface area (Å²) in [5.74, 6) is 1.06. The number of piperidine rings is 1. The highest BCUT2D eigenvalue weighted by molar-refractivity contribution is 5.54. The Bertz CT molecular complexity index is 1000. The zero-order valence-corrected chi connectivity index (χ0v) is 16.4. The highest BCUT2D eigenvalue weighted by atomic mass is 19.4. The molecule has 1 aliphatic rings. The molecule has 30 heavy (non-hydrogen) atoms. The predicted molar refractivity (Wildman–Crippen MR) is 108 cm³/mol. The van der Waals surface area contributed by atoms with Gasteiger partial charge < -0.3 is 10.2 Å². The van der Waals surface area contributed by atoms with Crippen molar-refractivity contribution in [2.45, 2.75) is 32.0 Å². The minimum Gasteiger partial charge on any atom is -0.367 e. The van der Waals surface area contributed by atoms with Gasteiger partial charge in [0, 0.05) is 37.1 Å². The van der Waals surface area contributed by atoms with Crippen molar-refractivity contribution < 1.29 is 13.2 Å². The Morgan fingerprint density at radius 3 is 2.47 bits per heavy atom. The number of nitrogens with zero attached hydrogens (tertiary/aromatic N) is 5. The monoisotopic (exact) mass is 414 g/mol. The summed E-state index contributed by atoms with van der Waals surface area (Å²) in [5.41, 5.74) is 0.282. The molecule has 0 aromatic carbocycles. The van der Waals surface area contributed by atoms with E-state index in [1.165, 1.54) is 6.20 Å². The van der Waals surface area contributed by atoms with Crippen molar-refractivity contribution in [3.63, 3.8) is 0 Å². The fourth-order valence-electron chi connectivity index (χ4n) is 3.44. The van der Waals surface area contributed by atoms with Crippen molar-refractivity contribution in [2.24, 2.45) is 0 Å². The Labute approximate surface area is 172 Å². The van der Waals surface area contributed by atoms with Gasteiger partial charge in [-0.1, -0.05) is 12.1 Å². The smallest absolute Gasteiger partial charge is 0.367 e. The Balaban J connectivity index is 1.52. The van der Waals surface area contributed by atoms with E-state index in [9.17, 15) is 13.2 Å². The number of aromatic nitrogens is 4. The topological polar surface area (TPSA) is 66.8 Å². The SMILES string of the molecule is Cc1cccc(NC2CCN(c3cc(C(F)(F)F)nc(-c4ccccn4)n3)CC2)n1. The molecule has 0 atom stereocenters. The molecule has 1 fully saturated rings. The Hall–Kier alpha value is -3.23. The molecular weight excluding hydrogens is 393 g/mol. The quantitative estimate of drug-likeness (QED) is 0.685. The van der Waals surface area contributed by atoms with Crippen LogP contribution < -0.4 is 10.2 Å². The van der Waals surface area contributed by atoms with Crippen molar-refractivity contribution in [1.29, 1.82) is 0 Å². The van der Waals surface area contributed by atoms with E-state index < -0.39 is 11.9 Å².